The Morgan fingerprint density at radius 2 is 1.76 bits per heavy atom. The Labute approximate surface area is 121 Å². The van der Waals surface area contributed by atoms with E-state index >= 15 is 0 Å². The lowest BCUT2D eigenvalue weighted by Gasteiger charge is -1.99. The van der Waals surface area contributed by atoms with E-state index in [4.69, 9.17) is 5.73 Å². The molecule has 2 N–H and O–H groups in total. The molecule has 0 fully saturated rings. The number of tetrazole rings is 1. The summed E-state index contributed by atoms with van der Waals surface area (Å²) in [4.78, 5) is 5.67. The van der Waals surface area contributed by atoms with Gasteiger partial charge in [-0.1, -0.05) is 30.3 Å². The first-order valence-corrected chi connectivity index (χ1v) is 6.49. The smallest absolute Gasteiger partial charge is 0.205 e. The van der Waals surface area contributed by atoms with Gasteiger partial charge in [-0.15, -0.1) is 15.0 Å². The number of nitrogens with zero attached hydrogens (tertiary/aromatic N) is 5. The number of hydrogen-bond acceptors (Lipinski definition) is 4. The fourth-order valence-electron chi connectivity index (χ4n) is 1.89. The minimum atomic E-state index is 0.521. The van der Waals surface area contributed by atoms with Crippen LogP contribution in [0.3, 0.4) is 0 Å². The average molecular weight is 278 g/mol. The molecule has 3 rings (SSSR count). The molecule has 1 heterocycles. The van der Waals surface area contributed by atoms with Gasteiger partial charge in [-0.3, -0.25) is 0 Å². The summed E-state index contributed by atoms with van der Waals surface area (Å²) in [5.74, 6) is 1.11. The summed E-state index contributed by atoms with van der Waals surface area (Å²) in [6, 6.07) is 17.2. The largest absolute Gasteiger partial charge is 0.387 e. The second kappa shape index (κ2) is 5.54. The molecule has 2 aromatic carbocycles. The standard InChI is InChI=1S/C15H14N6/c1-11(16)17-13-7-9-14(10-8-13)21-19-15(18-20-21)12-5-3-2-4-6-12/h2-10H,1H3,(H2,16,17). The predicted molar refractivity (Wildman–Crippen MR) is 81.5 cm³/mol. The number of hydrogen-bond donors (Lipinski definition) is 1. The van der Waals surface area contributed by atoms with E-state index in [1.165, 1.54) is 4.80 Å². The van der Waals surface area contributed by atoms with Gasteiger partial charge in [-0.2, -0.15) is 0 Å². The molecule has 0 atom stereocenters. The van der Waals surface area contributed by atoms with Gasteiger partial charge in [-0.05, 0) is 36.4 Å². The molecule has 104 valence electrons. The van der Waals surface area contributed by atoms with Crippen LogP contribution in [-0.4, -0.2) is 26.0 Å². The summed E-state index contributed by atoms with van der Waals surface area (Å²) < 4.78 is 0. The Morgan fingerprint density at radius 1 is 1.05 bits per heavy atom. The number of benzene rings is 2. The van der Waals surface area contributed by atoms with Crippen molar-refractivity contribution in [3.05, 3.63) is 54.6 Å². The summed E-state index contributed by atoms with van der Waals surface area (Å²) in [7, 11) is 0. The van der Waals surface area contributed by atoms with E-state index in [2.05, 4.69) is 20.4 Å². The second-order valence-corrected chi connectivity index (χ2v) is 4.54. The highest BCUT2D eigenvalue weighted by Gasteiger charge is 2.06. The first-order valence-electron chi connectivity index (χ1n) is 6.49. The summed E-state index contributed by atoms with van der Waals surface area (Å²) in [6.45, 7) is 1.75. The third-order valence-electron chi connectivity index (χ3n) is 2.83. The van der Waals surface area contributed by atoms with Crippen LogP contribution < -0.4 is 5.73 Å². The van der Waals surface area contributed by atoms with E-state index in [0.29, 0.717) is 11.7 Å². The van der Waals surface area contributed by atoms with Crippen molar-refractivity contribution in [1.29, 1.82) is 0 Å². The van der Waals surface area contributed by atoms with Crippen molar-refractivity contribution in [1.82, 2.24) is 20.2 Å². The van der Waals surface area contributed by atoms with Gasteiger partial charge in [0.1, 0.15) is 0 Å². The molecule has 6 heteroatoms. The molecular formula is C15H14N6. The van der Waals surface area contributed by atoms with E-state index in [0.717, 1.165) is 16.9 Å². The van der Waals surface area contributed by atoms with Gasteiger partial charge in [-0.25, -0.2) is 4.99 Å². The molecule has 0 spiro atoms. The van der Waals surface area contributed by atoms with Crippen molar-refractivity contribution in [2.75, 3.05) is 0 Å². The normalized spacial score (nSPS) is 11.6. The molecule has 0 unspecified atom stereocenters. The van der Waals surface area contributed by atoms with Crippen molar-refractivity contribution in [3.63, 3.8) is 0 Å². The molecule has 3 aromatic rings. The molecule has 0 saturated carbocycles. The summed E-state index contributed by atoms with van der Waals surface area (Å²) in [6.07, 6.45) is 0. The molecule has 0 aliphatic heterocycles. The number of aliphatic imine (C=N–C) groups is 1. The zero-order valence-electron chi connectivity index (χ0n) is 11.5. The highest BCUT2D eigenvalue weighted by atomic mass is 15.6. The number of rotatable bonds is 3. The third kappa shape index (κ3) is 2.94. The van der Waals surface area contributed by atoms with Crippen LogP contribution >= 0.6 is 0 Å². The van der Waals surface area contributed by atoms with Crippen LogP contribution in [0.4, 0.5) is 5.69 Å². The summed E-state index contributed by atoms with van der Waals surface area (Å²) >= 11 is 0. The second-order valence-electron chi connectivity index (χ2n) is 4.54. The molecule has 0 aliphatic rings. The maximum atomic E-state index is 5.55. The maximum Gasteiger partial charge on any atom is 0.205 e. The van der Waals surface area contributed by atoms with Crippen molar-refractivity contribution in [2.45, 2.75) is 6.92 Å². The number of amidine groups is 1. The molecule has 0 saturated heterocycles. The van der Waals surface area contributed by atoms with E-state index in [1.54, 1.807) is 6.92 Å². The molecule has 0 aliphatic carbocycles. The van der Waals surface area contributed by atoms with Gasteiger partial charge in [0.25, 0.3) is 0 Å². The van der Waals surface area contributed by atoms with Crippen LogP contribution in [0.15, 0.2) is 59.6 Å². The van der Waals surface area contributed by atoms with Gasteiger partial charge in [0.2, 0.25) is 5.82 Å². The van der Waals surface area contributed by atoms with Crippen molar-refractivity contribution < 1.29 is 0 Å². The first kappa shape index (κ1) is 13.0. The van der Waals surface area contributed by atoms with Crippen LogP contribution in [-0.2, 0) is 0 Å². The summed E-state index contributed by atoms with van der Waals surface area (Å²) in [5.41, 5.74) is 8.10. The SMILES string of the molecule is CC(N)=Nc1ccc(-n2nnc(-c3ccccc3)n2)cc1. The Morgan fingerprint density at radius 3 is 2.43 bits per heavy atom. The molecule has 0 radical (unpaired) electrons. The molecule has 6 nitrogen and oxygen atoms in total. The minimum absolute atomic E-state index is 0.521. The van der Waals surface area contributed by atoms with Gasteiger partial charge in [0, 0.05) is 5.56 Å². The van der Waals surface area contributed by atoms with Crippen molar-refractivity contribution >= 4 is 11.5 Å². The van der Waals surface area contributed by atoms with Gasteiger partial charge in [0.05, 0.1) is 17.2 Å². The number of aromatic nitrogens is 4. The zero-order valence-corrected chi connectivity index (χ0v) is 11.5. The topological polar surface area (TPSA) is 82.0 Å². The third-order valence-corrected chi connectivity index (χ3v) is 2.83. The maximum absolute atomic E-state index is 5.55. The highest BCUT2D eigenvalue weighted by Crippen LogP contribution is 2.17. The van der Waals surface area contributed by atoms with Crippen LogP contribution in [0.1, 0.15) is 6.92 Å². The minimum Gasteiger partial charge on any atom is -0.387 e. The van der Waals surface area contributed by atoms with Crippen LogP contribution in [0, 0.1) is 0 Å². The van der Waals surface area contributed by atoms with Crippen LogP contribution in [0.2, 0.25) is 0 Å². The van der Waals surface area contributed by atoms with E-state index < -0.39 is 0 Å². The Balaban J connectivity index is 1.88. The molecular weight excluding hydrogens is 264 g/mol. The average Bonchev–Trinajstić information content (AvgIpc) is 2.98. The lowest BCUT2D eigenvalue weighted by atomic mass is 10.2. The first-order chi connectivity index (χ1) is 10.2. The van der Waals surface area contributed by atoms with E-state index in [9.17, 15) is 0 Å². The zero-order chi connectivity index (χ0) is 14.7. The Kier molecular flexibility index (Phi) is 3.42. The van der Waals surface area contributed by atoms with Crippen molar-refractivity contribution in [3.8, 4) is 17.1 Å². The van der Waals surface area contributed by atoms with E-state index in [1.807, 2.05) is 54.6 Å². The van der Waals surface area contributed by atoms with Crippen LogP contribution in [0.5, 0.6) is 0 Å². The monoisotopic (exact) mass is 278 g/mol. The lowest BCUT2D eigenvalue weighted by Crippen LogP contribution is -2.03. The van der Waals surface area contributed by atoms with Crippen molar-refractivity contribution in [2.24, 2.45) is 10.7 Å². The molecule has 1 aromatic heterocycles. The van der Waals surface area contributed by atoms with E-state index in [-0.39, 0.29) is 0 Å². The molecule has 21 heavy (non-hydrogen) atoms. The lowest BCUT2D eigenvalue weighted by molar-refractivity contribution is 0.720. The quantitative estimate of drug-likeness (QED) is 0.589. The Bertz CT molecular complexity index is 754. The summed E-state index contributed by atoms with van der Waals surface area (Å²) in [5, 5.41) is 12.5. The number of nitrogens with two attached hydrogens (primary N) is 1. The highest BCUT2D eigenvalue weighted by molar-refractivity contribution is 5.80. The van der Waals surface area contributed by atoms with Gasteiger partial charge >= 0.3 is 0 Å². The predicted octanol–water partition coefficient (Wildman–Crippen LogP) is 2.34. The Hall–Kier alpha value is -3.02. The fraction of sp³-hybridized carbons (Fsp3) is 0.0667. The fourth-order valence-corrected chi connectivity index (χ4v) is 1.89. The van der Waals surface area contributed by atoms with Gasteiger partial charge in [0.15, 0.2) is 0 Å². The van der Waals surface area contributed by atoms with Gasteiger partial charge < -0.3 is 5.73 Å². The molecule has 0 amide bonds. The molecule has 0 bridgehead atoms. The van der Waals surface area contributed by atoms with Crippen LogP contribution in [0.25, 0.3) is 17.1 Å².